The Balaban J connectivity index is 2.14. The lowest BCUT2D eigenvalue weighted by Crippen LogP contribution is -2.21. The van der Waals surface area contributed by atoms with Gasteiger partial charge in [-0.25, -0.2) is 0 Å². The van der Waals surface area contributed by atoms with Gasteiger partial charge in [0.25, 0.3) is 0 Å². The van der Waals surface area contributed by atoms with Crippen LogP contribution < -0.4 is 5.32 Å². The lowest BCUT2D eigenvalue weighted by atomic mass is 10.1. The highest BCUT2D eigenvalue weighted by molar-refractivity contribution is 8.04. The predicted molar refractivity (Wildman–Crippen MR) is 70.3 cm³/mol. The quantitative estimate of drug-likeness (QED) is 0.818. The van der Waals surface area contributed by atoms with Crippen molar-refractivity contribution in [2.24, 2.45) is 0 Å². The zero-order chi connectivity index (χ0) is 14.0. The topological polar surface area (TPSA) is 32.3 Å². The molecule has 0 saturated carbocycles. The second-order valence-corrected chi connectivity index (χ2v) is 5.52. The molecule has 2 rings (SSSR count). The average molecular weight is 289 g/mol. The van der Waals surface area contributed by atoms with Crippen molar-refractivity contribution in [1.29, 1.82) is 0 Å². The van der Waals surface area contributed by atoms with Gasteiger partial charge in [0.15, 0.2) is 0 Å². The van der Waals surface area contributed by atoms with Crippen molar-refractivity contribution in [2.75, 3.05) is 6.61 Å². The van der Waals surface area contributed by atoms with Crippen LogP contribution in [0.4, 0.5) is 13.2 Å². The minimum Gasteiger partial charge on any atom is -0.391 e. The van der Waals surface area contributed by atoms with E-state index >= 15 is 0 Å². The first kappa shape index (κ1) is 14.3. The van der Waals surface area contributed by atoms with Crippen LogP contribution in [0.5, 0.6) is 0 Å². The molecule has 2 aliphatic rings. The summed E-state index contributed by atoms with van der Waals surface area (Å²) >= 11 is 1.45. The van der Waals surface area contributed by atoms with Crippen molar-refractivity contribution in [1.82, 2.24) is 5.32 Å². The van der Waals surface area contributed by atoms with Gasteiger partial charge in [0.05, 0.1) is 17.6 Å². The Kier molecular flexibility index (Phi) is 4.10. The van der Waals surface area contributed by atoms with E-state index in [0.29, 0.717) is 6.42 Å². The second-order valence-electron chi connectivity index (χ2n) is 4.32. The summed E-state index contributed by atoms with van der Waals surface area (Å²) in [5.41, 5.74) is 1.10. The first-order valence-electron chi connectivity index (χ1n) is 5.80. The number of rotatable bonds is 2. The lowest BCUT2D eigenvalue weighted by molar-refractivity contribution is -0.0881. The first-order valence-corrected chi connectivity index (χ1v) is 6.68. The highest BCUT2D eigenvalue weighted by Crippen LogP contribution is 2.36. The highest BCUT2D eigenvalue weighted by Gasteiger charge is 2.32. The summed E-state index contributed by atoms with van der Waals surface area (Å²) < 4.78 is 37.8. The van der Waals surface area contributed by atoms with E-state index in [9.17, 15) is 13.2 Å². The molecule has 2 nitrogen and oxygen atoms in total. The molecule has 1 heterocycles. The van der Waals surface area contributed by atoms with Crippen LogP contribution in [0.25, 0.3) is 0 Å². The van der Waals surface area contributed by atoms with Gasteiger partial charge in [0.2, 0.25) is 0 Å². The molecular formula is C13H14F3NOS. The molecule has 1 atom stereocenters. The van der Waals surface area contributed by atoms with Gasteiger partial charge in [-0.3, -0.25) is 0 Å². The number of halogens is 3. The molecule has 2 N–H and O–H groups in total. The van der Waals surface area contributed by atoms with Crippen molar-refractivity contribution < 1.29 is 18.3 Å². The monoisotopic (exact) mass is 289 g/mol. The SMILES string of the molecule is CC1=C(CO)SC(C2=CC=C(C(F)(F)F)C=CC2)N1. The fraction of sp³-hybridized carbons (Fsp3) is 0.385. The molecule has 1 unspecified atom stereocenters. The number of thioether (sulfide) groups is 1. The molecule has 1 aliphatic heterocycles. The number of allylic oxidation sites excluding steroid dienone is 6. The lowest BCUT2D eigenvalue weighted by Gasteiger charge is -2.14. The average Bonchev–Trinajstić information content (AvgIpc) is 2.57. The van der Waals surface area contributed by atoms with Crippen LogP contribution >= 0.6 is 11.8 Å². The summed E-state index contributed by atoms with van der Waals surface area (Å²) in [5.74, 6) is 0. The molecule has 6 heteroatoms. The molecule has 0 amide bonds. The molecule has 0 fully saturated rings. The molecule has 19 heavy (non-hydrogen) atoms. The molecule has 0 aromatic rings. The third-order valence-corrected chi connectivity index (χ3v) is 4.34. The maximum Gasteiger partial charge on any atom is 0.416 e. The third-order valence-electron chi connectivity index (χ3n) is 2.96. The van der Waals surface area contributed by atoms with E-state index in [1.54, 1.807) is 0 Å². The Morgan fingerprint density at radius 2 is 2.16 bits per heavy atom. The molecule has 1 aliphatic carbocycles. The van der Waals surface area contributed by atoms with Gasteiger partial charge in [-0.05, 0) is 25.0 Å². The van der Waals surface area contributed by atoms with Crippen LogP contribution in [0.2, 0.25) is 0 Å². The van der Waals surface area contributed by atoms with Crippen molar-refractivity contribution in [3.63, 3.8) is 0 Å². The number of nitrogens with one attached hydrogen (secondary N) is 1. The van der Waals surface area contributed by atoms with Crippen molar-refractivity contribution in [2.45, 2.75) is 24.9 Å². The Bertz CT molecular complexity index is 489. The van der Waals surface area contributed by atoms with Gasteiger partial charge >= 0.3 is 6.18 Å². The summed E-state index contributed by atoms with van der Waals surface area (Å²) in [7, 11) is 0. The molecule has 0 radical (unpaired) electrons. The van der Waals surface area contributed by atoms with Crippen LogP contribution in [0.15, 0.2) is 46.1 Å². The molecule has 0 spiro atoms. The smallest absolute Gasteiger partial charge is 0.391 e. The van der Waals surface area contributed by atoms with Crippen LogP contribution in [-0.4, -0.2) is 23.3 Å². The number of alkyl halides is 3. The van der Waals surface area contributed by atoms with Crippen molar-refractivity contribution >= 4 is 11.8 Å². The fourth-order valence-electron chi connectivity index (χ4n) is 1.89. The molecule has 0 saturated heterocycles. The standard InChI is InChI=1S/C13H14F3NOS/c1-8-11(7-18)19-12(17-8)9-3-2-4-10(6-5-9)13(14,15)16/h2,4-6,12,17-18H,3,7H2,1H3. The van der Waals surface area contributed by atoms with E-state index in [0.717, 1.165) is 28.3 Å². The highest BCUT2D eigenvalue weighted by atomic mass is 32.2. The maximum absolute atomic E-state index is 12.6. The summed E-state index contributed by atoms with van der Waals surface area (Å²) in [5, 5.41) is 12.2. The van der Waals surface area contributed by atoms with E-state index in [4.69, 9.17) is 5.11 Å². The summed E-state index contributed by atoms with van der Waals surface area (Å²) in [6, 6.07) is 0. The summed E-state index contributed by atoms with van der Waals surface area (Å²) in [6.45, 7) is 1.80. The number of hydrogen-bond donors (Lipinski definition) is 2. The van der Waals surface area contributed by atoms with Crippen LogP contribution in [0.1, 0.15) is 13.3 Å². The second kappa shape index (κ2) is 5.46. The zero-order valence-electron chi connectivity index (χ0n) is 10.3. The Morgan fingerprint density at radius 3 is 2.74 bits per heavy atom. The van der Waals surface area contributed by atoms with E-state index in [1.807, 2.05) is 6.92 Å². The number of aliphatic hydroxyl groups excluding tert-OH is 1. The molecule has 0 aromatic carbocycles. The van der Waals surface area contributed by atoms with Gasteiger partial charge in [0.1, 0.15) is 0 Å². The van der Waals surface area contributed by atoms with Crippen LogP contribution in [0.3, 0.4) is 0 Å². The Morgan fingerprint density at radius 1 is 1.42 bits per heavy atom. The Hall–Kier alpha value is -1.14. The maximum atomic E-state index is 12.6. The van der Waals surface area contributed by atoms with E-state index in [1.165, 1.54) is 23.9 Å². The third kappa shape index (κ3) is 3.25. The van der Waals surface area contributed by atoms with Gasteiger partial charge in [-0.15, -0.1) is 0 Å². The van der Waals surface area contributed by atoms with E-state index in [-0.39, 0.29) is 12.0 Å². The Labute approximate surface area is 113 Å². The largest absolute Gasteiger partial charge is 0.416 e. The van der Waals surface area contributed by atoms with E-state index < -0.39 is 11.7 Å². The van der Waals surface area contributed by atoms with Gasteiger partial charge in [-0.1, -0.05) is 30.0 Å². The zero-order valence-corrected chi connectivity index (χ0v) is 11.1. The molecule has 0 aromatic heterocycles. The number of hydrogen-bond acceptors (Lipinski definition) is 3. The normalized spacial score (nSPS) is 23.9. The molecule has 104 valence electrons. The van der Waals surface area contributed by atoms with Crippen molar-refractivity contribution in [3.8, 4) is 0 Å². The number of aliphatic hydroxyl groups is 1. The van der Waals surface area contributed by atoms with Crippen LogP contribution in [0, 0.1) is 0 Å². The minimum atomic E-state index is -4.32. The summed E-state index contributed by atoms with van der Waals surface area (Å²) in [4.78, 5) is 0.833. The summed E-state index contributed by atoms with van der Waals surface area (Å²) in [6.07, 6.45) is 1.40. The molecule has 0 bridgehead atoms. The van der Waals surface area contributed by atoms with Gasteiger partial charge < -0.3 is 10.4 Å². The first-order chi connectivity index (χ1) is 8.91. The fourth-order valence-corrected chi connectivity index (χ4v) is 3.04. The van der Waals surface area contributed by atoms with Gasteiger partial charge in [0, 0.05) is 10.6 Å². The minimum absolute atomic E-state index is 0.0488. The van der Waals surface area contributed by atoms with Crippen molar-refractivity contribution in [3.05, 3.63) is 46.1 Å². The molecular weight excluding hydrogens is 275 g/mol. The van der Waals surface area contributed by atoms with Gasteiger partial charge in [-0.2, -0.15) is 13.2 Å². The van der Waals surface area contributed by atoms with E-state index in [2.05, 4.69) is 5.32 Å². The predicted octanol–water partition coefficient (Wildman–Crippen LogP) is 3.25. The van der Waals surface area contributed by atoms with Crippen LogP contribution in [-0.2, 0) is 0 Å².